The maximum Gasteiger partial charge on any atom is 0.206 e. The van der Waals surface area contributed by atoms with Gasteiger partial charge in [0.25, 0.3) is 0 Å². The van der Waals surface area contributed by atoms with Crippen molar-refractivity contribution >= 4 is 28.2 Å². The molecule has 5 nitrogen and oxygen atoms in total. The van der Waals surface area contributed by atoms with Gasteiger partial charge in [-0.25, -0.2) is 0 Å². The first-order valence-corrected chi connectivity index (χ1v) is 9.73. The van der Waals surface area contributed by atoms with E-state index in [1.807, 2.05) is 0 Å². The Morgan fingerprint density at radius 2 is 2.25 bits per heavy atom. The van der Waals surface area contributed by atoms with Gasteiger partial charge in [0.1, 0.15) is 5.25 Å². The van der Waals surface area contributed by atoms with Crippen LogP contribution in [0.25, 0.3) is 0 Å². The molecule has 0 saturated carbocycles. The number of thioether (sulfide) groups is 1. The summed E-state index contributed by atoms with van der Waals surface area (Å²) in [7, 11) is 0. The second kappa shape index (κ2) is 8.47. The third kappa shape index (κ3) is 4.94. The van der Waals surface area contributed by atoms with Gasteiger partial charge in [-0.3, -0.25) is 0 Å². The Balaban J connectivity index is 1.52. The van der Waals surface area contributed by atoms with Crippen LogP contribution >= 0.6 is 23.1 Å². The smallest absolute Gasteiger partial charge is 0.206 e. The molecule has 24 heavy (non-hydrogen) atoms. The van der Waals surface area contributed by atoms with E-state index in [4.69, 9.17) is 4.74 Å². The van der Waals surface area contributed by atoms with E-state index in [2.05, 4.69) is 52.8 Å². The van der Waals surface area contributed by atoms with Crippen molar-refractivity contribution in [2.75, 3.05) is 18.5 Å². The van der Waals surface area contributed by atoms with Gasteiger partial charge in [0.15, 0.2) is 4.34 Å². The normalized spacial score (nSPS) is 18.2. The molecule has 0 aliphatic carbocycles. The first kappa shape index (κ1) is 17.2. The van der Waals surface area contributed by atoms with Crippen molar-refractivity contribution in [3.8, 4) is 6.07 Å². The fraction of sp³-hybridized carbons (Fsp3) is 0.471. The lowest BCUT2D eigenvalue weighted by atomic mass is 10.1. The van der Waals surface area contributed by atoms with Crippen LogP contribution in [0.5, 0.6) is 0 Å². The SMILES string of the molecule is Cc1ccc(CC(C#N)Sc2nnc(NCC3CCCO3)s2)cc1. The monoisotopic (exact) mass is 360 g/mol. The second-order valence-electron chi connectivity index (χ2n) is 5.81. The largest absolute Gasteiger partial charge is 0.376 e. The number of aryl methyl sites for hydroxylation is 1. The molecule has 2 atom stereocenters. The minimum atomic E-state index is -0.160. The van der Waals surface area contributed by atoms with Gasteiger partial charge in [-0.2, -0.15) is 5.26 Å². The molecular formula is C17H20N4OS2. The second-order valence-corrected chi connectivity index (χ2v) is 8.24. The molecule has 1 aliphatic rings. The molecule has 2 aromatic rings. The highest BCUT2D eigenvalue weighted by Crippen LogP contribution is 2.30. The zero-order chi connectivity index (χ0) is 16.8. The molecule has 3 rings (SSSR count). The fourth-order valence-corrected chi connectivity index (χ4v) is 4.43. The van der Waals surface area contributed by atoms with Crippen LogP contribution in [-0.4, -0.2) is 34.7 Å². The van der Waals surface area contributed by atoms with Crippen molar-refractivity contribution in [1.29, 1.82) is 5.26 Å². The van der Waals surface area contributed by atoms with Gasteiger partial charge < -0.3 is 10.1 Å². The van der Waals surface area contributed by atoms with Crippen molar-refractivity contribution in [3.63, 3.8) is 0 Å². The molecule has 0 radical (unpaired) electrons. The Labute approximate surface area is 150 Å². The lowest BCUT2D eigenvalue weighted by Gasteiger charge is -2.08. The third-order valence-electron chi connectivity index (χ3n) is 3.84. The number of aromatic nitrogens is 2. The first-order valence-electron chi connectivity index (χ1n) is 8.04. The van der Waals surface area contributed by atoms with E-state index < -0.39 is 0 Å². The minimum absolute atomic E-state index is 0.160. The Morgan fingerprint density at radius 3 is 2.96 bits per heavy atom. The van der Waals surface area contributed by atoms with Crippen LogP contribution in [-0.2, 0) is 11.2 Å². The summed E-state index contributed by atoms with van der Waals surface area (Å²) in [4.78, 5) is 0. The summed E-state index contributed by atoms with van der Waals surface area (Å²) in [6, 6.07) is 10.7. The molecule has 1 aromatic heterocycles. The number of ether oxygens (including phenoxy) is 1. The lowest BCUT2D eigenvalue weighted by molar-refractivity contribution is 0.120. The lowest BCUT2D eigenvalue weighted by Crippen LogP contribution is -2.18. The fourth-order valence-electron chi connectivity index (χ4n) is 2.51. The summed E-state index contributed by atoms with van der Waals surface area (Å²) in [6.07, 6.45) is 3.21. The van der Waals surface area contributed by atoms with Crippen LogP contribution < -0.4 is 5.32 Å². The minimum Gasteiger partial charge on any atom is -0.376 e. The Bertz CT molecular complexity index is 689. The van der Waals surface area contributed by atoms with Crippen LogP contribution in [0.4, 0.5) is 5.13 Å². The van der Waals surface area contributed by atoms with Crippen LogP contribution in [0.15, 0.2) is 28.6 Å². The van der Waals surface area contributed by atoms with Crippen LogP contribution in [0, 0.1) is 18.3 Å². The average Bonchev–Trinajstić information content (AvgIpc) is 3.26. The first-order chi connectivity index (χ1) is 11.7. The van der Waals surface area contributed by atoms with Crippen molar-refractivity contribution in [3.05, 3.63) is 35.4 Å². The number of nitriles is 1. The van der Waals surface area contributed by atoms with Gasteiger partial charge in [-0.15, -0.1) is 10.2 Å². The van der Waals surface area contributed by atoms with E-state index >= 15 is 0 Å². The molecule has 1 fully saturated rings. The molecule has 0 spiro atoms. The molecule has 1 N–H and O–H groups in total. The van der Waals surface area contributed by atoms with Gasteiger partial charge in [-0.05, 0) is 31.7 Å². The number of hydrogen-bond donors (Lipinski definition) is 1. The Kier molecular flexibility index (Phi) is 6.07. The van der Waals surface area contributed by atoms with Crippen molar-refractivity contribution in [2.24, 2.45) is 0 Å². The maximum atomic E-state index is 9.41. The molecule has 1 aliphatic heterocycles. The number of nitrogens with one attached hydrogen (secondary N) is 1. The van der Waals surface area contributed by atoms with Crippen LogP contribution in [0.2, 0.25) is 0 Å². The number of rotatable bonds is 7. The zero-order valence-electron chi connectivity index (χ0n) is 13.6. The van der Waals surface area contributed by atoms with Gasteiger partial charge in [0.2, 0.25) is 5.13 Å². The number of nitrogens with zero attached hydrogens (tertiary/aromatic N) is 3. The molecule has 7 heteroatoms. The van der Waals surface area contributed by atoms with Crippen LogP contribution in [0.1, 0.15) is 24.0 Å². The summed E-state index contributed by atoms with van der Waals surface area (Å²) in [5.41, 5.74) is 2.40. The number of anilines is 1. The quantitative estimate of drug-likeness (QED) is 0.760. The molecule has 0 bridgehead atoms. The molecule has 2 unspecified atom stereocenters. The maximum absolute atomic E-state index is 9.41. The number of hydrogen-bond acceptors (Lipinski definition) is 7. The van der Waals surface area contributed by atoms with E-state index in [-0.39, 0.29) is 11.4 Å². The van der Waals surface area contributed by atoms with Crippen molar-refractivity contribution in [1.82, 2.24) is 10.2 Å². The molecule has 1 saturated heterocycles. The number of benzene rings is 1. The summed E-state index contributed by atoms with van der Waals surface area (Å²) >= 11 is 2.98. The van der Waals surface area contributed by atoms with Gasteiger partial charge in [0, 0.05) is 13.2 Å². The predicted octanol–water partition coefficient (Wildman–Crippen LogP) is 3.66. The molecule has 2 heterocycles. The van der Waals surface area contributed by atoms with E-state index in [0.29, 0.717) is 6.42 Å². The summed E-state index contributed by atoms with van der Waals surface area (Å²) < 4.78 is 6.41. The third-order valence-corrected chi connectivity index (χ3v) is 5.89. The van der Waals surface area contributed by atoms with Gasteiger partial charge in [0.05, 0.1) is 12.2 Å². The average molecular weight is 361 g/mol. The molecule has 0 amide bonds. The Morgan fingerprint density at radius 1 is 1.42 bits per heavy atom. The highest BCUT2D eigenvalue weighted by Gasteiger charge is 2.17. The molecular weight excluding hydrogens is 340 g/mol. The highest BCUT2D eigenvalue weighted by atomic mass is 32.2. The predicted molar refractivity (Wildman–Crippen MR) is 97.5 cm³/mol. The van der Waals surface area contributed by atoms with E-state index in [0.717, 1.165) is 35.5 Å². The summed E-state index contributed by atoms with van der Waals surface area (Å²) in [6.45, 7) is 3.68. The molecule has 1 aromatic carbocycles. The van der Waals surface area contributed by atoms with E-state index in [1.54, 1.807) is 0 Å². The van der Waals surface area contributed by atoms with Gasteiger partial charge >= 0.3 is 0 Å². The summed E-state index contributed by atoms with van der Waals surface area (Å²) in [5, 5.41) is 21.7. The van der Waals surface area contributed by atoms with E-state index in [9.17, 15) is 5.26 Å². The van der Waals surface area contributed by atoms with Crippen LogP contribution in [0.3, 0.4) is 0 Å². The highest BCUT2D eigenvalue weighted by molar-refractivity contribution is 8.01. The zero-order valence-corrected chi connectivity index (χ0v) is 15.2. The molecule has 126 valence electrons. The topological polar surface area (TPSA) is 70.8 Å². The van der Waals surface area contributed by atoms with E-state index in [1.165, 1.54) is 34.2 Å². The Hall–Kier alpha value is -1.62. The van der Waals surface area contributed by atoms with Crippen molar-refractivity contribution < 1.29 is 4.74 Å². The van der Waals surface area contributed by atoms with Gasteiger partial charge in [-0.1, -0.05) is 52.9 Å². The standard InChI is InChI=1S/C17H20N4OS2/c1-12-4-6-13(7-5-12)9-15(10-18)23-17-21-20-16(24-17)19-11-14-3-2-8-22-14/h4-7,14-15H,2-3,8-9,11H2,1H3,(H,19,20). The summed E-state index contributed by atoms with van der Waals surface area (Å²) in [5.74, 6) is 0. The van der Waals surface area contributed by atoms with Crippen molar-refractivity contribution in [2.45, 2.75) is 41.9 Å².